The Morgan fingerprint density at radius 1 is 0.857 bits per heavy atom. The Morgan fingerprint density at radius 3 is 2.26 bits per heavy atom. The van der Waals surface area contributed by atoms with Crippen molar-refractivity contribution in [3.05, 3.63) is 42.0 Å². The molecule has 35 heavy (non-hydrogen) atoms. The van der Waals surface area contributed by atoms with Crippen molar-refractivity contribution in [1.29, 1.82) is 0 Å². The molecule has 2 fully saturated rings. The Labute approximate surface area is 209 Å². The average Bonchev–Trinajstić information content (AvgIpc) is 3.30. The van der Waals surface area contributed by atoms with Crippen molar-refractivity contribution in [2.24, 2.45) is 0 Å². The highest BCUT2D eigenvalue weighted by Crippen LogP contribution is 2.37. The minimum absolute atomic E-state index is 0.753. The number of piperazine rings is 1. The summed E-state index contributed by atoms with van der Waals surface area (Å²) in [5, 5.41) is 1.32. The van der Waals surface area contributed by atoms with E-state index < -0.39 is 0 Å². The van der Waals surface area contributed by atoms with E-state index in [4.69, 9.17) is 9.47 Å². The molecule has 0 atom stereocenters. The van der Waals surface area contributed by atoms with E-state index in [0.29, 0.717) is 0 Å². The van der Waals surface area contributed by atoms with E-state index in [9.17, 15) is 0 Å². The molecule has 5 rings (SSSR count). The number of nitrogens with one attached hydrogen (secondary N) is 1. The molecule has 3 aromatic rings. The Bertz CT molecular complexity index is 1140. The van der Waals surface area contributed by atoms with Crippen molar-refractivity contribution < 1.29 is 9.47 Å². The number of nitrogens with zero attached hydrogens (tertiary/aromatic N) is 3. The molecule has 0 radical (unpaired) electrons. The number of benzene rings is 2. The maximum Gasteiger partial charge on any atom is 0.161 e. The van der Waals surface area contributed by atoms with Crippen molar-refractivity contribution in [1.82, 2.24) is 14.8 Å². The lowest BCUT2D eigenvalue weighted by Gasteiger charge is -2.43. The summed E-state index contributed by atoms with van der Waals surface area (Å²) in [7, 11) is 3.36. The second-order valence-corrected chi connectivity index (χ2v) is 9.82. The molecule has 0 unspecified atom stereocenters. The van der Waals surface area contributed by atoms with Gasteiger partial charge in [-0.05, 0) is 80.9 Å². The van der Waals surface area contributed by atoms with Gasteiger partial charge in [0.05, 0.1) is 14.2 Å². The van der Waals surface area contributed by atoms with Gasteiger partial charge in [-0.3, -0.25) is 4.90 Å². The Balaban J connectivity index is 1.34. The first-order valence-electron chi connectivity index (χ1n) is 13.2. The van der Waals surface area contributed by atoms with Gasteiger partial charge in [0.15, 0.2) is 11.5 Å². The van der Waals surface area contributed by atoms with Crippen molar-refractivity contribution >= 4 is 16.6 Å². The van der Waals surface area contributed by atoms with Gasteiger partial charge >= 0.3 is 0 Å². The number of aryl methyl sites for hydroxylation is 1. The smallest absolute Gasteiger partial charge is 0.161 e. The number of hydrogen-bond donors (Lipinski definition) is 1. The van der Waals surface area contributed by atoms with Crippen molar-refractivity contribution in [2.75, 3.05) is 64.9 Å². The predicted octanol–water partition coefficient (Wildman–Crippen LogP) is 5.02. The summed E-state index contributed by atoms with van der Waals surface area (Å²) < 4.78 is 11.0. The molecule has 6 nitrogen and oxygen atoms in total. The molecule has 0 amide bonds. The molecular weight excluding hydrogens is 436 g/mol. The topological polar surface area (TPSA) is 44.0 Å². The number of ether oxygens (including phenoxy) is 2. The summed E-state index contributed by atoms with van der Waals surface area (Å²) in [4.78, 5) is 11.6. The Morgan fingerprint density at radius 2 is 1.60 bits per heavy atom. The fraction of sp³-hybridized carbons (Fsp3) is 0.517. The number of likely N-dealkylation sites (tertiary alicyclic amines) is 1. The Kier molecular flexibility index (Phi) is 7.21. The van der Waals surface area contributed by atoms with Crippen LogP contribution in [0.15, 0.2) is 36.4 Å². The monoisotopic (exact) mass is 476 g/mol. The normalized spacial score (nSPS) is 18.3. The average molecular weight is 477 g/mol. The molecule has 2 aliphatic rings. The third-order valence-corrected chi connectivity index (χ3v) is 8.12. The molecule has 0 aliphatic carbocycles. The van der Waals surface area contributed by atoms with Crippen LogP contribution in [0.3, 0.4) is 0 Å². The van der Waals surface area contributed by atoms with Crippen LogP contribution in [0.1, 0.15) is 32.3 Å². The van der Waals surface area contributed by atoms with Gasteiger partial charge in [-0.2, -0.15) is 0 Å². The Hall–Kier alpha value is -2.70. The quantitative estimate of drug-likeness (QED) is 0.519. The summed E-state index contributed by atoms with van der Waals surface area (Å²) in [6.45, 7) is 12.8. The molecular formula is C29H40N4O2. The van der Waals surface area contributed by atoms with Gasteiger partial charge < -0.3 is 24.3 Å². The third kappa shape index (κ3) is 4.74. The summed E-state index contributed by atoms with van der Waals surface area (Å²) >= 11 is 0. The largest absolute Gasteiger partial charge is 0.493 e. The molecule has 2 aromatic carbocycles. The molecule has 0 bridgehead atoms. The van der Waals surface area contributed by atoms with Crippen LogP contribution >= 0.6 is 0 Å². The first-order valence-corrected chi connectivity index (χ1v) is 13.2. The molecule has 1 aromatic heterocycles. The summed E-state index contributed by atoms with van der Waals surface area (Å²) in [6, 6.07) is 13.8. The van der Waals surface area contributed by atoms with Crippen LogP contribution < -0.4 is 14.4 Å². The van der Waals surface area contributed by atoms with Gasteiger partial charge in [-0.15, -0.1) is 0 Å². The van der Waals surface area contributed by atoms with Gasteiger partial charge in [-0.25, -0.2) is 0 Å². The van der Waals surface area contributed by atoms with Gasteiger partial charge in [0.25, 0.3) is 0 Å². The van der Waals surface area contributed by atoms with Crippen molar-refractivity contribution in [2.45, 2.75) is 39.2 Å². The molecule has 0 saturated carbocycles. The van der Waals surface area contributed by atoms with Crippen LogP contribution in [0.5, 0.6) is 11.5 Å². The van der Waals surface area contributed by atoms with Crippen LogP contribution in [0.2, 0.25) is 0 Å². The first-order chi connectivity index (χ1) is 17.1. The summed E-state index contributed by atoms with van der Waals surface area (Å²) in [5.41, 5.74) is 6.18. The first kappa shape index (κ1) is 24.0. The maximum absolute atomic E-state index is 5.56. The lowest BCUT2D eigenvalue weighted by Crippen LogP contribution is -2.53. The molecule has 2 saturated heterocycles. The third-order valence-electron chi connectivity index (χ3n) is 8.12. The van der Waals surface area contributed by atoms with E-state index in [-0.39, 0.29) is 0 Å². The molecule has 3 heterocycles. The van der Waals surface area contributed by atoms with Crippen molar-refractivity contribution in [3.63, 3.8) is 0 Å². The van der Waals surface area contributed by atoms with E-state index in [1.807, 2.05) is 6.07 Å². The molecule has 1 N–H and O–H groups in total. The highest BCUT2D eigenvalue weighted by Gasteiger charge is 2.27. The number of aromatic nitrogens is 1. The zero-order valence-electron chi connectivity index (χ0n) is 21.8. The number of anilines is 1. The van der Waals surface area contributed by atoms with Crippen LogP contribution in [-0.4, -0.2) is 80.9 Å². The second-order valence-electron chi connectivity index (χ2n) is 9.82. The summed E-state index contributed by atoms with van der Waals surface area (Å²) in [6.07, 6.45) is 3.61. The molecule has 0 spiro atoms. The van der Waals surface area contributed by atoms with Crippen LogP contribution in [0.25, 0.3) is 22.2 Å². The number of piperidine rings is 1. The standard InChI is InChI=1S/C29H40N4O2/c1-5-24-25-20-23(33-17-15-32(16-18-33)22-11-13-31(6-2)14-12-22)8-9-26(25)30-29(24)21-7-10-27(34-3)28(19-21)35-4/h7-10,19-20,22,30H,5-6,11-18H2,1-4H3. The van der Waals surface area contributed by atoms with Crippen LogP contribution in [0.4, 0.5) is 5.69 Å². The summed E-state index contributed by atoms with van der Waals surface area (Å²) in [5.74, 6) is 1.51. The van der Waals surface area contributed by atoms with E-state index in [2.05, 4.69) is 63.9 Å². The van der Waals surface area contributed by atoms with E-state index in [1.54, 1.807) is 14.2 Å². The minimum Gasteiger partial charge on any atom is -0.493 e. The van der Waals surface area contributed by atoms with Gasteiger partial charge in [-0.1, -0.05) is 13.8 Å². The van der Waals surface area contributed by atoms with Crippen LogP contribution in [0, 0.1) is 0 Å². The van der Waals surface area contributed by atoms with E-state index >= 15 is 0 Å². The number of fused-ring (bicyclic) bond motifs is 1. The highest BCUT2D eigenvalue weighted by atomic mass is 16.5. The van der Waals surface area contributed by atoms with Gasteiger partial charge in [0.1, 0.15) is 0 Å². The van der Waals surface area contributed by atoms with E-state index in [0.717, 1.165) is 42.6 Å². The van der Waals surface area contributed by atoms with E-state index in [1.165, 1.54) is 73.4 Å². The number of H-pyrrole nitrogens is 1. The number of methoxy groups -OCH3 is 2. The van der Waals surface area contributed by atoms with Gasteiger partial charge in [0, 0.05) is 60.1 Å². The second kappa shape index (κ2) is 10.5. The minimum atomic E-state index is 0.753. The maximum atomic E-state index is 5.56. The zero-order chi connectivity index (χ0) is 24.4. The number of aromatic amines is 1. The fourth-order valence-corrected chi connectivity index (χ4v) is 5.98. The van der Waals surface area contributed by atoms with Crippen LogP contribution in [-0.2, 0) is 6.42 Å². The number of rotatable bonds is 7. The fourth-order valence-electron chi connectivity index (χ4n) is 5.98. The number of hydrogen-bond acceptors (Lipinski definition) is 5. The SMILES string of the molecule is CCc1c(-c2ccc(OC)c(OC)c2)[nH]c2ccc(N3CCN(C4CCN(CC)CC4)CC3)cc12. The van der Waals surface area contributed by atoms with Gasteiger partial charge in [0.2, 0.25) is 0 Å². The molecule has 2 aliphatic heterocycles. The molecule has 188 valence electrons. The lowest BCUT2D eigenvalue weighted by molar-refractivity contribution is 0.106. The van der Waals surface area contributed by atoms with Crippen molar-refractivity contribution in [3.8, 4) is 22.8 Å². The zero-order valence-corrected chi connectivity index (χ0v) is 21.8. The highest BCUT2D eigenvalue weighted by molar-refractivity contribution is 5.93. The predicted molar refractivity (Wildman–Crippen MR) is 145 cm³/mol. The lowest BCUT2D eigenvalue weighted by atomic mass is 10.0. The molecule has 6 heteroatoms.